The molecule has 1 aromatic carbocycles. The largest absolute Gasteiger partial charge is 0.337 e. The van der Waals surface area contributed by atoms with Crippen LogP contribution in [-0.4, -0.2) is 68.1 Å². The summed E-state index contributed by atoms with van der Waals surface area (Å²) in [6.07, 6.45) is 3.36. The van der Waals surface area contributed by atoms with Crippen molar-refractivity contribution < 1.29 is 13.2 Å². The standard InChI is InChI=1S/C19H29N3O3S/c1-19(2,3)17-9-6-16(7-10-17)8-11-18(23)21-12-14-22(15-13-21)26(24,25)20(4)5/h6-11H,12-15H2,1-5H3/b11-8+. The first-order chi connectivity index (χ1) is 12.0. The zero-order chi connectivity index (χ0) is 19.5. The van der Waals surface area contributed by atoms with E-state index < -0.39 is 10.2 Å². The van der Waals surface area contributed by atoms with Gasteiger partial charge in [-0.15, -0.1) is 0 Å². The molecule has 7 heteroatoms. The van der Waals surface area contributed by atoms with E-state index in [9.17, 15) is 13.2 Å². The third kappa shape index (κ3) is 4.93. The molecule has 1 aliphatic heterocycles. The van der Waals surface area contributed by atoms with Gasteiger partial charge in [-0.05, 0) is 22.6 Å². The molecule has 0 saturated carbocycles. The van der Waals surface area contributed by atoms with Crippen molar-refractivity contribution in [2.75, 3.05) is 40.3 Å². The van der Waals surface area contributed by atoms with Crippen molar-refractivity contribution in [1.82, 2.24) is 13.5 Å². The second kappa shape index (κ2) is 7.90. The molecule has 0 aromatic heterocycles. The molecule has 1 amide bonds. The Morgan fingerprint density at radius 2 is 1.58 bits per heavy atom. The summed E-state index contributed by atoms with van der Waals surface area (Å²) in [5.74, 6) is -0.0909. The molecule has 0 bridgehead atoms. The van der Waals surface area contributed by atoms with Gasteiger partial charge in [0.25, 0.3) is 10.2 Å². The van der Waals surface area contributed by atoms with Crippen molar-refractivity contribution in [3.05, 3.63) is 41.5 Å². The lowest BCUT2D eigenvalue weighted by Crippen LogP contribution is -2.52. The smallest absolute Gasteiger partial charge is 0.281 e. The molecule has 6 nitrogen and oxygen atoms in total. The Kier molecular flexibility index (Phi) is 6.26. The monoisotopic (exact) mass is 379 g/mol. The first-order valence-electron chi connectivity index (χ1n) is 8.77. The zero-order valence-corrected chi connectivity index (χ0v) is 17.1. The van der Waals surface area contributed by atoms with Crippen LogP contribution in [0.4, 0.5) is 0 Å². The first kappa shape index (κ1) is 20.6. The molecule has 0 aliphatic carbocycles. The maximum Gasteiger partial charge on any atom is 0.281 e. The highest BCUT2D eigenvalue weighted by molar-refractivity contribution is 7.86. The summed E-state index contributed by atoms with van der Waals surface area (Å²) < 4.78 is 26.8. The number of benzene rings is 1. The third-order valence-corrected chi connectivity index (χ3v) is 6.47. The van der Waals surface area contributed by atoms with Crippen molar-refractivity contribution in [3.8, 4) is 0 Å². The van der Waals surface area contributed by atoms with E-state index in [-0.39, 0.29) is 11.3 Å². The van der Waals surface area contributed by atoms with Crippen molar-refractivity contribution in [2.45, 2.75) is 26.2 Å². The Bertz CT molecular complexity index is 754. The molecular weight excluding hydrogens is 350 g/mol. The van der Waals surface area contributed by atoms with Crippen LogP contribution in [0.5, 0.6) is 0 Å². The molecule has 1 saturated heterocycles. The van der Waals surface area contributed by atoms with E-state index in [1.165, 1.54) is 28.3 Å². The van der Waals surface area contributed by atoms with Crippen molar-refractivity contribution in [1.29, 1.82) is 0 Å². The Morgan fingerprint density at radius 1 is 1.04 bits per heavy atom. The summed E-state index contributed by atoms with van der Waals surface area (Å²) in [6.45, 7) is 7.94. The Balaban J connectivity index is 1.94. The van der Waals surface area contributed by atoms with Gasteiger partial charge in [-0.3, -0.25) is 4.79 Å². The predicted molar refractivity (Wildman–Crippen MR) is 105 cm³/mol. The summed E-state index contributed by atoms with van der Waals surface area (Å²) in [5.41, 5.74) is 2.32. The average Bonchev–Trinajstić information content (AvgIpc) is 2.59. The Hall–Kier alpha value is -1.70. The van der Waals surface area contributed by atoms with Gasteiger partial charge in [-0.25, -0.2) is 0 Å². The predicted octanol–water partition coefficient (Wildman–Crippen LogP) is 1.95. The van der Waals surface area contributed by atoms with Gasteiger partial charge in [-0.2, -0.15) is 17.0 Å². The fourth-order valence-electron chi connectivity index (χ4n) is 2.74. The maximum atomic E-state index is 12.3. The molecule has 0 unspecified atom stereocenters. The van der Waals surface area contributed by atoms with Crippen molar-refractivity contribution in [3.63, 3.8) is 0 Å². The molecular formula is C19H29N3O3S. The summed E-state index contributed by atoms with van der Waals surface area (Å²) >= 11 is 0. The molecule has 2 rings (SSSR count). The molecule has 1 fully saturated rings. The van der Waals surface area contributed by atoms with E-state index in [1.54, 1.807) is 17.1 Å². The Morgan fingerprint density at radius 3 is 2.04 bits per heavy atom. The number of carbonyl (C=O) groups is 1. The molecule has 0 spiro atoms. The fourth-order valence-corrected chi connectivity index (χ4v) is 3.82. The molecule has 26 heavy (non-hydrogen) atoms. The van der Waals surface area contributed by atoms with Gasteiger partial charge in [0, 0.05) is 46.4 Å². The summed E-state index contributed by atoms with van der Waals surface area (Å²) in [5, 5.41) is 0. The van der Waals surface area contributed by atoms with Crippen LogP contribution in [-0.2, 0) is 20.4 Å². The lowest BCUT2D eigenvalue weighted by Gasteiger charge is -2.34. The normalized spacial score (nSPS) is 17.2. The van der Waals surface area contributed by atoms with Gasteiger partial charge in [0.1, 0.15) is 0 Å². The maximum absolute atomic E-state index is 12.3. The summed E-state index contributed by atoms with van der Waals surface area (Å²) in [7, 11) is -0.381. The number of hydrogen-bond acceptors (Lipinski definition) is 3. The van der Waals surface area contributed by atoms with Crippen LogP contribution in [0.1, 0.15) is 31.9 Å². The molecule has 0 radical (unpaired) electrons. The van der Waals surface area contributed by atoms with Gasteiger partial charge in [-0.1, -0.05) is 45.0 Å². The third-order valence-electron chi connectivity index (χ3n) is 4.53. The highest BCUT2D eigenvalue weighted by atomic mass is 32.2. The number of hydrogen-bond donors (Lipinski definition) is 0. The van der Waals surface area contributed by atoms with Gasteiger partial charge in [0.05, 0.1) is 0 Å². The summed E-state index contributed by atoms with van der Waals surface area (Å²) in [4.78, 5) is 14.0. The minimum Gasteiger partial charge on any atom is -0.337 e. The SMILES string of the molecule is CN(C)S(=O)(=O)N1CCN(C(=O)/C=C/c2ccc(C(C)(C)C)cc2)CC1. The van der Waals surface area contributed by atoms with E-state index >= 15 is 0 Å². The topological polar surface area (TPSA) is 60.9 Å². The highest BCUT2D eigenvalue weighted by Gasteiger charge is 2.29. The number of nitrogens with zero attached hydrogens (tertiary/aromatic N) is 3. The molecule has 1 heterocycles. The van der Waals surface area contributed by atoms with E-state index in [0.29, 0.717) is 26.2 Å². The van der Waals surface area contributed by atoms with Gasteiger partial charge < -0.3 is 4.90 Å². The number of piperazine rings is 1. The van der Waals surface area contributed by atoms with Crippen molar-refractivity contribution in [2.24, 2.45) is 0 Å². The molecule has 144 valence electrons. The summed E-state index contributed by atoms with van der Waals surface area (Å²) in [6, 6.07) is 8.17. The second-order valence-electron chi connectivity index (χ2n) is 7.72. The van der Waals surface area contributed by atoms with Crippen LogP contribution in [0.15, 0.2) is 30.3 Å². The minimum absolute atomic E-state index is 0.0909. The van der Waals surface area contributed by atoms with Crippen LogP contribution in [0, 0.1) is 0 Å². The van der Waals surface area contributed by atoms with Crippen molar-refractivity contribution >= 4 is 22.2 Å². The van der Waals surface area contributed by atoms with Crippen LogP contribution in [0.25, 0.3) is 6.08 Å². The van der Waals surface area contributed by atoms with Crippen LogP contribution < -0.4 is 0 Å². The average molecular weight is 380 g/mol. The number of carbonyl (C=O) groups excluding carboxylic acids is 1. The van der Waals surface area contributed by atoms with E-state index in [4.69, 9.17) is 0 Å². The van der Waals surface area contributed by atoms with Gasteiger partial charge in [0.2, 0.25) is 5.91 Å². The molecule has 0 N–H and O–H groups in total. The zero-order valence-electron chi connectivity index (χ0n) is 16.3. The Labute approximate surface area is 157 Å². The number of rotatable bonds is 4. The van der Waals surface area contributed by atoms with E-state index in [2.05, 4.69) is 32.9 Å². The van der Waals surface area contributed by atoms with Gasteiger partial charge in [0.15, 0.2) is 0 Å². The van der Waals surface area contributed by atoms with E-state index in [0.717, 1.165) is 5.56 Å². The quantitative estimate of drug-likeness (QED) is 0.751. The number of amides is 1. The second-order valence-corrected chi connectivity index (χ2v) is 9.86. The highest BCUT2D eigenvalue weighted by Crippen LogP contribution is 2.22. The van der Waals surface area contributed by atoms with Crippen LogP contribution >= 0.6 is 0 Å². The molecule has 1 aliphatic rings. The molecule has 1 aromatic rings. The lowest BCUT2D eigenvalue weighted by molar-refractivity contribution is -0.127. The lowest BCUT2D eigenvalue weighted by atomic mass is 9.87. The minimum atomic E-state index is -3.41. The fraction of sp³-hybridized carbons (Fsp3) is 0.526. The van der Waals surface area contributed by atoms with E-state index in [1.807, 2.05) is 12.1 Å². The van der Waals surface area contributed by atoms with Gasteiger partial charge >= 0.3 is 0 Å². The molecule has 0 atom stereocenters. The van der Waals surface area contributed by atoms with Crippen LogP contribution in [0.2, 0.25) is 0 Å². The van der Waals surface area contributed by atoms with Crippen LogP contribution in [0.3, 0.4) is 0 Å². The first-order valence-corrected chi connectivity index (χ1v) is 10.2.